The van der Waals surface area contributed by atoms with Crippen molar-refractivity contribution >= 4 is 32.4 Å². The van der Waals surface area contributed by atoms with Crippen LogP contribution in [0.15, 0.2) is 0 Å². The maximum absolute atomic E-state index is 10.5. The molecule has 0 unspecified atom stereocenters. The van der Waals surface area contributed by atoms with Crippen LogP contribution >= 0.6 is 22.6 Å². The van der Waals surface area contributed by atoms with Crippen molar-refractivity contribution in [2.75, 3.05) is 0 Å². The van der Waals surface area contributed by atoms with Crippen LogP contribution < -0.4 is 0 Å². The summed E-state index contributed by atoms with van der Waals surface area (Å²) >= 11 is 1.64. The fourth-order valence-corrected chi connectivity index (χ4v) is 1.12. The summed E-state index contributed by atoms with van der Waals surface area (Å²) in [5, 5.41) is 0. The number of carbonyl (C=O) groups excluding carboxylic acids is 2. The fraction of sp³-hybridized carbons (Fsp3) is 0.600. The molecule has 0 aliphatic carbocycles. The molecule has 9 heavy (non-hydrogen) atoms. The second-order valence-electron chi connectivity index (χ2n) is 1.82. The molecule has 3 nitrogen and oxygen atoms in total. The number of rotatable bonds is 1. The quantitative estimate of drug-likeness (QED) is 0.384. The largest absolute Gasteiger partial charge is 0.453 e. The van der Waals surface area contributed by atoms with E-state index < -0.39 is 6.10 Å². The molecule has 50 valence electrons. The maximum Gasteiger partial charge on any atom is 0.306 e. The lowest BCUT2D eigenvalue weighted by atomic mass is 10.3. The summed E-state index contributed by atoms with van der Waals surface area (Å²) in [6.45, 7) is 0. The van der Waals surface area contributed by atoms with Gasteiger partial charge in [-0.05, 0) is 0 Å². The van der Waals surface area contributed by atoms with Crippen molar-refractivity contribution in [3.05, 3.63) is 0 Å². The average molecular weight is 240 g/mol. The normalized spacial score (nSPS) is 25.9. The third kappa shape index (κ3) is 1.64. The standard InChI is InChI=1S/C5H5IO3/c6-5(8)3-1-2-4(7)9-3/h3H,1-2H2/t3-/m1/s1. The van der Waals surface area contributed by atoms with Crippen molar-refractivity contribution in [2.24, 2.45) is 0 Å². The van der Waals surface area contributed by atoms with Gasteiger partial charge in [-0.2, -0.15) is 0 Å². The molecule has 0 N–H and O–H groups in total. The molecule has 1 aliphatic heterocycles. The molecule has 1 heterocycles. The van der Waals surface area contributed by atoms with E-state index in [0.717, 1.165) is 0 Å². The monoisotopic (exact) mass is 240 g/mol. The minimum absolute atomic E-state index is 0.0848. The van der Waals surface area contributed by atoms with Crippen LogP contribution in [-0.4, -0.2) is 15.9 Å². The summed E-state index contributed by atoms with van der Waals surface area (Å²) in [6.07, 6.45) is 0.484. The van der Waals surface area contributed by atoms with Gasteiger partial charge in [0.15, 0.2) is 6.10 Å². The first-order valence-corrected chi connectivity index (χ1v) is 3.67. The Labute approximate surface area is 65.9 Å². The SMILES string of the molecule is O=C1CC[C@H](C(=O)I)O1. The topological polar surface area (TPSA) is 43.4 Å². The smallest absolute Gasteiger partial charge is 0.306 e. The molecular weight excluding hydrogens is 235 g/mol. The maximum atomic E-state index is 10.5. The second-order valence-corrected chi connectivity index (χ2v) is 2.88. The van der Waals surface area contributed by atoms with Gasteiger partial charge < -0.3 is 4.74 Å². The van der Waals surface area contributed by atoms with Gasteiger partial charge in [0.1, 0.15) is 0 Å². The van der Waals surface area contributed by atoms with Crippen molar-refractivity contribution in [1.29, 1.82) is 0 Å². The first-order chi connectivity index (χ1) is 4.20. The highest BCUT2D eigenvalue weighted by Crippen LogP contribution is 2.16. The van der Waals surface area contributed by atoms with Crippen LogP contribution in [0.4, 0.5) is 0 Å². The molecule has 0 aromatic rings. The molecule has 0 aromatic heterocycles. The van der Waals surface area contributed by atoms with Crippen LogP contribution in [0.25, 0.3) is 0 Å². The zero-order valence-corrected chi connectivity index (χ0v) is 6.75. The van der Waals surface area contributed by atoms with Crippen LogP contribution in [0.3, 0.4) is 0 Å². The Balaban J connectivity index is 2.48. The van der Waals surface area contributed by atoms with Crippen molar-refractivity contribution in [3.8, 4) is 0 Å². The Kier molecular flexibility index (Phi) is 2.05. The van der Waals surface area contributed by atoms with E-state index in [0.29, 0.717) is 12.8 Å². The van der Waals surface area contributed by atoms with Gasteiger partial charge in [-0.1, -0.05) is 0 Å². The number of carbonyl (C=O) groups is 2. The van der Waals surface area contributed by atoms with E-state index in [-0.39, 0.29) is 9.76 Å². The number of cyclic esters (lactones) is 1. The summed E-state index contributed by atoms with van der Waals surface area (Å²) in [4.78, 5) is 20.9. The minimum atomic E-state index is -0.460. The Morgan fingerprint density at radius 2 is 2.44 bits per heavy atom. The number of hydrogen-bond donors (Lipinski definition) is 0. The Morgan fingerprint density at radius 3 is 2.67 bits per heavy atom. The van der Waals surface area contributed by atoms with E-state index in [9.17, 15) is 9.59 Å². The van der Waals surface area contributed by atoms with E-state index in [4.69, 9.17) is 0 Å². The molecule has 1 rings (SSSR count). The Bertz CT molecular complexity index is 154. The lowest BCUT2D eigenvalue weighted by Crippen LogP contribution is -2.13. The van der Waals surface area contributed by atoms with Gasteiger partial charge in [-0.25, -0.2) is 0 Å². The molecule has 0 spiro atoms. The van der Waals surface area contributed by atoms with Gasteiger partial charge in [0.25, 0.3) is 0 Å². The van der Waals surface area contributed by atoms with Crippen molar-refractivity contribution < 1.29 is 14.3 Å². The van der Waals surface area contributed by atoms with Crippen molar-refractivity contribution in [1.82, 2.24) is 0 Å². The predicted octanol–water partition coefficient (Wildman–Crippen LogP) is 0.654. The van der Waals surface area contributed by atoms with Crippen LogP contribution in [0.2, 0.25) is 0 Å². The van der Waals surface area contributed by atoms with Gasteiger partial charge in [-0.3, -0.25) is 9.59 Å². The molecule has 4 heteroatoms. The summed E-state index contributed by atoms with van der Waals surface area (Å²) in [6, 6.07) is 0. The zero-order valence-electron chi connectivity index (χ0n) is 4.59. The number of halogens is 1. The summed E-state index contributed by atoms with van der Waals surface area (Å²) < 4.78 is 4.54. The summed E-state index contributed by atoms with van der Waals surface area (Å²) in [7, 11) is 0. The molecule has 0 radical (unpaired) electrons. The highest BCUT2D eigenvalue weighted by atomic mass is 127. The van der Waals surface area contributed by atoms with Crippen LogP contribution in [0, 0.1) is 0 Å². The molecule has 1 saturated heterocycles. The first-order valence-electron chi connectivity index (χ1n) is 2.59. The lowest BCUT2D eigenvalue weighted by Gasteiger charge is -1.99. The van der Waals surface area contributed by atoms with Crippen LogP contribution in [0.5, 0.6) is 0 Å². The van der Waals surface area contributed by atoms with Gasteiger partial charge in [0.2, 0.25) is 3.79 Å². The molecule has 0 aromatic carbocycles. The predicted molar refractivity (Wildman–Crippen MR) is 38.1 cm³/mol. The van der Waals surface area contributed by atoms with Gasteiger partial charge in [-0.15, -0.1) is 0 Å². The van der Waals surface area contributed by atoms with E-state index in [1.165, 1.54) is 0 Å². The Morgan fingerprint density at radius 1 is 1.78 bits per heavy atom. The molecule has 1 aliphatic rings. The average Bonchev–Trinajstić information content (AvgIpc) is 2.14. The molecule has 1 atom stereocenters. The lowest BCUT2D eigenvalue weighted by molar-refractivity contribution is -0.144. The molecule has 0 amide bonds. The second kappa shape index (κ2) is 2.64. The van der Waals surface area contributed by atoms with E-state index in [2.05, 4.69) is 4.74 Å². The van der Waals surface area contributed by atoms with Gasteiger partial charge in [0, 0.05) is 35.4 Å². The van der Waals surface area contributed by atoms with Crippen LogP contribution in [0.1, 0.15) is 12.8 Å². The fourth-order valence-electron chi connectivity index (χ4n) is 0.685. The highest BCUT2D eigenvalue weighted by molar-refractivity contribution is 14.1. The third-order valence-electron chi connectivity index (χ3n) is 1.14. The minimum Gasteiger partial charge on any atom is -0.453 e. The van der Waals surface area contributed by atoms with Crippen LogP contribution in [-0.2, 0) is 14.3 Å². The molecule has 0 saturated carbocycles. The van der Waals surface area contributed by atoms with E-state index >= 15 is 0 Å². The molecule has 0 bridgehead atoms. The number of ether oxygens (including phenoxy) is 1. The molecular formula is C5H5IO3. The Hall–Kier alpha value is -0.130. The first kappa shape index (κ1) is 6.98. The van der Waals surface area contributed by atoms with Crippen molar-refractivity contribution in [2.45, 2.75) is 18.9 Å². The van der Waals surface area contributed by atoms with E-state index in [1.807, 2.05) is 0 Å². The van der Waals surface area contributed by atoms with Gasteiger partial charge >= 0.3 is 5.97 Å². The number of hydrogen-bond acceptors (Lipinski definition) is 3. The van der Waals surface area contributed by atoms with Crippen molar-refractivity contribution in [3.63, 3.8) is 0 Å². The summed E-state index contributed by atoms with van der Waals surface area (Å²) in [5.41, 5.74) is 0. The zero-order chi connectivity index (χ0) is 6.85. The van der Waals surface area contributed by atoms with Gasteiger partial charge in [0.05, 0.1) is 0 Å². The number of esters is 1. The highest BCUT2D eigenvalue weighted by Gasteiger charge is 2.27. The summed E-state index contributed by atoms with van der Waals surface area (Å²) in [5.74, 6) is -0.259. The third-order valence-corrected chi connectivity index (χ3v) is 1.83. The molecule has 1 fully saturated rings. The van der Waals surface area contributed by atoms with E-state index in [1.54, 1.807) is 22.6 Å².